The number of aryl methyl sites for hydroxylation is 2. The molecule has 0 radical (unpaired) electrons. The van der Waals surface area contributed by atoms with Gasteiger partial charge in [-0.2, -0.15) is 5.26 Å². The molecule has 0 aromatic carbocycles. The molecule has 0 atom stereocenters. The summed E-state index contributed by atoms with van der Waals surface area (Å²) in [6.45, 7) is 0. The fraction of sp³-hybridized carbons (Fsp3) is 0.263. The second-order valence-electron chi connectivity index (χ2n) is 6.12. The lowest BCUT2D eigenvalue weighted by Crippen LogP contribution is -2.14. The molecule has 3 aromatic heterocycles. The van der Waals surface area contributed by atoms with Crippen molar-refractivity contribution in [3.8, 4) is 16.6 Å². The van der Waals surface area contributed by atoms with Crippen molar-refractivity contribution in [1.29, 1.82) is 5.26 Å². The Kier molecular flexibility index (Phi) is 5.53. The lowest BCUT2D eigenvalue weighted by molar-refractivity contribution is -0.113. The topological polar surface area (TPSA) is 78.7 Å². The Balaban J connectivity index is 1.40. The van der Waals surface area contributed by atoms with Crippen LogP contribution in [0.15, 0.2) is 34.0 Å². The fourth-order valence-corrected chi connectivity index (χ4v) is 5.23. The summed E-state index contributed by atoms with van der Waals surface area (Å²) >= 11 is 4.34. The third-order valence-corrected chi connectivity index (χ3v) is 6.89. The summed E-state index contributed by atoms with van der Waals surface area (Å²) < 4.78 is 0. The summed E-state index contributed by atoms with van der Waals surface area (Å²) in [6.07, 6.45) is 4.22. The number of amides is 1. The molecule has 1 amide bonds. The van der Waals surface area contributed by atoms with Crippen molar-refractivity contribution < 1.29 is 4.79 Å². The summed E-state index contributed by atoms with van der Waals surface area (Å²) in [5, 5.41) is 17.4. The van der Waals surface area contributed by atoms with Gasteiger partial charge in [0.1, 0.15) is 11.1 Å². The summed E-state index contributed by atoms with van der Waals surface area (Å²) in [4.78, 5) is 22.5. The molecule has 8 heteroatoms. The Hall–Kier alpha value is -2.21. The molecule has 5 nitrogen and oxygen atoms in total. The first-order valence-corrected chi connectivity index (χ1v) is 11.3. The maximum absolute atomic E-state index is 12.3. The number of thiophene rings is 1. The van der Waals surface area contributed by atoms with Crippen LogP contribution in [-0.4, -0.2) is 21.6 Å². The smallest absolute Gasteiger partial charge is 0.236 e. The summed E-state index contributed by atoms with van der Waals surface area (Å²) in [5.74, 6) is 0.0597. The average Bonchev–Trinajstić information content (AvgIpc) is 3.37. The van der Waals surface area contributed by atoms with E-state index in [-0.39, 0.29) is 11.7 Å². The predicted molar refractivity (Wildman–Crippen MR) is 110 cm³/mol. The van der Waals surface area contributed by atoms with E-state index in [0.29, 0.717) is 15.7 Å². The number of carbonyl (C=O) groups excluding carboxylic acids is 1. The Bertz CT molecular complexity index is 1000. The highest BCUT2D eigenvalue weighted by Crippen LogP contribution is 2.29. The van der Waals surface area contributed by atoms with Gasteiger partial charge in [0.15, 0.2) is 5.13 Å². The van der Waals surface area contributed by atoms with Gasteiger partial charge in [0.2, 0.25) is 5.91 Å². The van der Waals surface area contributed by atoms with E-state index in [9.17, 15) is 10.1 Å². The molecule has 0 unspecified atom stereocenters. The number of fused-ring (bicyclic) bond motifs is 1. The van der Waals surface area contributed by atoms with E-state index in [1.807, 2.05) is 29.0 Å². The standard InChI is InChI=1S/C19H16N4OS3/c20-9-13-8-12-4-1-2-5-14(12)21-18(13)26-11-17(24)23-19-22-15(10-27-19)16-6-3-7-25-16/h3,6-8,10H,1-2,4-5,11H2,(H,22,23,24). The number of thioether (sulfide) groups is 1. The van der Waals surface area contributed by atoms with Crippen molar-refractivity contribution in [1.82, 2.24) is 9.97 Å². The van der Waals surface area contributed by atoms with Gasteiger partial charge < -0.3 is 5.32 Å². The monoisotopic (exact) mass is 412 g/mol. The second kappa shape index (κ2) is 8.21. The van der Waals surface area contributed by atoms with Crippen molar-refractivity contribution >= 4 is 45.5 Å². The van der Waals surface area contributed by atoms with Crippen LogP contribution in [0.25, 0.3) is 10.6 Å². The number of nitriles is 1. The SMILES string of the molecule is N#Cc1cc2c(nc1SCC(=O)Nc1nc(-c3cccs3)cs1)CCCC2. The zero-order valence-electron chi connectivity index (χ0n) is 14.4. The highest BCUT2D eigenvalue weighted by Gasteiger charge is 2.17. The van der Waals surface area contributed by atoms with Crippen LogP contribution >= 0.6 is 34.4 Å². The third-order valence-electron chi connectivity index (χ3n) is 4.25. The molecule has 0 bridgehead atoms. The van der Waals surface area contributed by atoms with Gasteiger partial charge in [-0.05, 0) is 48.8 Å². The minimum Gasteiger partial charge on any atom is -0.301 e. The van der Waals surface area contributed by atoms with Crippen LogP contribution in [0.4, 0.5) is 5.13 Å². The molecule has 0 aliphatic heterocycles. The van der Waals surface area contributed by atoms with Crippen molar-refractivity contribution in [2.45, 2.75) is 30.7 Å². The molecule has 4 rings (SSSR count). The van der Waals surface area contributed by atoms with Gasteiger partial charge in [-0.15, -0.1) is 22.7 Å². The normalized spacial score (nSPS) is 13.0. The fourth-order valence-electron chi connectivity index (χ4n) is 2.96. The molecule has 3 heterocycles. The van der Waals surface area contributed by atoms with E-state index in [0.717, 1.165) is 41.9 Å². The number of nitrogens with zero attached hydrogens (tertiary/aromatic N) is 3. The molecule has 3 aromatic rings. The van der Waals surface area contributed by atoms with E-state index in [1.54, 1.807) is 11.3 Å². The Labute approximate surface area is 169 Å². The van der Waals surface area contributed by atoms with Crippen LogP contribution in [0.5, 0.6) is 0 Å². The van der Waals surface area contributed by atoms with Crippen LogP contribution in [-0.2, 0) is 17.6 Å². The number of nitrogens with one attached hydrogen (secondary N) is 1. The summed E-state index contributed by atoms with van der Waals surface area (Å²) in [6, 6.07) is 8.14. The molecule has 27 heavy (non-hydrogen) atoms. The summed E-state index contributed by atoms with van der Waals surface area (Å²) in [7, 11) is 0. The Morgan fingerprint density at radius 3 is 3.00 bits per heavy atom. The number of carbonyl (C=O) groups is 1. The second-order valence-corrected chi connectivity index (χ2v) is 8.89. The van der Waals surface area contributed by atoms with Crippen molar-refractivity contribution in [2.75, 3.05) is 11.1 Å². The van der Waals surface area contributed by atoms with Gasteiger partial charge in [0.05, 0.1) is 21.9 Å². The van der Waals surface area contributed by atoms with Crippen LogP contribution in [0.2, 0.25) is 0 Å². The van der Waals surface area contributed by atoms with E-state index < -0.39 is 0 Å². The number of pyridine rings is 1. The lowest BCUT2D eigenvalue weighted by Gasteiger charge is -2.16. The zero-order chi connectivity index (χ0) is 18.6. The first kappa shape index (κ1) is 18.2. The zero-order valence-corrected chi connectivity index (χ0v) is 16.8. The number of hydrogen-bond donors (Lipinski definition) is 1. The summed E-state index contributed by atoms with van der Waals surface area (Å²) in [5.41, 5.74) is 3.68. The van der Waals surface area contributed by atoms with E-state index >= 15 is 0 Å². The predicted octanol–water partition coefficient (Wildman–Crippen LogP) is 4.75. The molecular weight excluding hydrogens is 396 g/mol. The average molecular weight is 413 g/mol. The number of thiazole rings is 1. The molecule has 1 aliphatic carbocycles. The molecule has 136 valence electrons. The highest BCUT2D eigenvalue weighted by molar-refractivity contribution is 8.00. The van der Waals surface area contributed by atoms with E-state index in [1.165, 1.54) is 28.7 Å². The Morgan fingerprint density at radius 1 is 1.30 bits per heavy atom. The number of anilines is 1. The molecule has 1 N–H and O–H groups in total. The van der Waals surface area contributed by atoms with E-state index in [2.05, 4.69) is 21.4 Å². The first-order chi connectivity index (χ1) is 13.2. The lowest BCUT2D eigenvalue weighted by atomic mass is 9.95. The van der Waals surface area contributed by atoms with Crippen LogP contribution in [0, 0.1) is 11.3 Å². The Morgan fingerprint density at radius 2 is 2.19 bits per heavy atom. The van der Waals surface area contributed by atoms with Crippen LogP contribution < -0.4 is 5.32 Å². The number of rotatable bonds is 5. The van der Waals surface area contributed by atoms with Crippen LogP contribution in [0.3, 0.4) is 0 Å². The van der Waals surface area contributed by atoms with Crippen LogP contribution in [0.1, 0.15) is 29.7 Å². The molecule has 0 saturated carbocycles. The van der Waals surface area contributed by atoms with Crippen molar-refractivity contribution in [2.24, 2.45) is 0 Å². The van der Waals surface area contributed by atoms with Gasteiger partial charge in [0, 0.05) is 11.1 Å². The van der Waals surface area contributed by atoms with Crippen molar-refractivity contribution in [3.05, 3.63) is 45.8 Å². The van der Waals surface area contributed by atoms with Gasteiger partial charge in [0.25, 0.3) is 0 Å². The molecule has 0 fully saturated rings. The van der Waals surface area contributed by atoms with Gasteiger partial charge in [-0.3, -0.25) is 4.79 Å². The molecule has 0 spiro atoms. The molecular formula is C19H16N4OS3. The third kappa shape index (κ3) is 4.21. The molecule has 1 aliphatic rings. The minimum absolute atomic E-state index is 0.143. The van der Waals surface area contributed by atoms with Gasteiger partial charge in [-0.1, -0.05) is 17.8 Å². The maximum Gasteiger partial charge on any atom is 0.236 e. The van der Waals surface area contributed by atoms with Gasteiger partial charge in [-0.25, -0.2) is 9.97 Å². The van der Waals surface area contributed by atoms with Crippen molar-refractivity contribution in [3.63, 3.8) is 0 Å². The number of hydrogen-bond acceptors (Lipinski definition) is 7. The quantitative estimate of drug-likeness (QED) is 0.612. The first-order valence-electron chi connectivity index (χ1n) is 8.58. The molecule has 0 saturated heterocycles. The highest BCUT2D eigenvalue weighted by atomic mass is 32.2. The number of aromatic nitrogens is 2. The maximum atomic E-state index is 12.3. The van der Waals surface area contributed by atoms with Gasteiger partial charge >= 0.3 is 0 Å². The minimum atomic E-state index is -0.143. The largest absolute Gasteiger partial charge is 0.301 e. The van der Waals surface area contributed by atoms with E-state index in [4.69, 9.17) is 0 Å².